The molecular formula is C18H22ClNO4. The van der Waals surface area contributed by atoms with Crippen molar-refractivity contribution in [2.45, 2.75) is 19.1 Å². The maximum Gasteiger partial charge on any atom is 0.231 e. The normalized spacial score (nSPS) is 14.6. The molecule has 1 aliphatic rings. The fraction of sp³-hybridized carbons (Fsp3) is 0.333. The monoisotopic (exact) mass is 351 g/mol. The van der Waals surface area contributed by atoms with Crippen LogP contribution in [-0.4, -0.2) is 31.2 Å². The topological polar surface area (TPSA) is 60.0 Å². The molecule has 2 atom stereocenters. The molecule has 0 bridgehead atoms. The van der Waals surface area contributed by atoms with Crippen LogP contribution in [0.5, 0.6) is 17.2 Å². The molecule has 2 aromatic carbocycles. The van der Waals surface area contributed by atoms with Crippen LogP contribution >= 0.6 is 12.4 Å². The molecule has 24 heavy (non-hydrogen) atoms. The van der Waals surface area contributed by atoms with Crippen LogP contribution in [0.25, 0.3) is 0 Å². The van der Waals surface area contributed by atoms with E-state index < -0.39 is 6.10 Å². The SMILES string of the molecule is CC(NCC(O)COc1ccc2c(c1)OCO2)c1ccccc1.Cl. The molecule has 0 amide bonds. The second-order valence-corrected chi connectivity index (χ2v) is 5.52. The molecule has 1 heterocycles. The van der Waals surface area contributed by atoms with Crippen LogP contribution in [0.15, 0.2) is 48.5 Å². The minimum Gasteiger partial charge on any atom is -0.491 e. The summed E-state index contributed by atoms with van der Waals surface area (Å²) in [7, 11) is 0. The summed E-state index contributed by atoms with van der Waals surface area (Å²) < 4.78 is 16.2. The molecule has 2 unspecified atom stereocenters. The van der Waals surface area contributed by atoms with E-state index in [1.54, 1.807) is 18.2 Å². The zero-order valence-electron chi connectivity index (χ0n) is 13.5. The molecule has 6 heteroatoms. The number of nitrogens with one attached hydrogen (secondary N) is 1. The fourth-order valence-electron chi connectivity index (χ4n) is 2.39. The Morgan fingerprint density at radius 2 is 1.88 bits per heavy atom. The molecule has 3 rings (SSSR count). The molecule has 0 spiro atoms. The van der Waals surface area contributed by atoms with Gasteiger partial charge in [-0.05, 0) is 24.6 Å². The van der Waals surface area contributed by atoms with Crippen LogP contribution in [0.3, 0.4) is 0 Å². The first-order valence-electron chi connectivity index (χ1n) is 7.71. The minimum atomic E-state index is -0.591. The van der Waals surface area contributed by atoms with Crippen LogP contribution in [0.4, 0.5) is 0 Å². The highest BCUT2D eigenvalue weighted by Gasteiger charge is 2.14. The largest absolute Gasteiger partial charge is 0.491 e. The Morgan fingerprint density at radius 3 is 2.67 bits per heavy atom. The molecule has 1 aliphatic heterocycles. The van der Waals surface area contributed by atoms with Crippen molar-refractivity contribution in [2.75, 3.05) is 19.9 Å². The van der Waals surface area contributed by atoms with Gasteiger partial charge in [0.1, 0.15) is 18.5 Å². The van der Waals surface area contributed by atoms with Crippen LogP contribution in [0.1, 0.15) is 18.5 Å². The Morgan fingerprint density at radius 1 is 1.12 bits per heavy atom. The summed E-state index contributed by atoms with van der Waals surface area (Å²) in [4.78, 5) is 0. The van der Waals surface area contributed by atoms with Gasteiger partial charge in [-0.1, -0.05) is 30.3 Å². The first-order chi connectivity index (χ1) is 11.2. The number of rotatable bonds is 7. The maximum absolute atomic E-state index is 10.1. The summed E-state index contributed by atoms with van der Waals surface area (Å²) in [6, 6.07) is 15.7. The molecule has 0 aromatic heterocycles. The second-order valence-electron chi connectivity index (χ2n) is 5.52. The highest BCUT2D eigenvalue weighted by Crippen LogP contribution is 2.35. The molecule has 2 N–H and O–H groups in total. The highest BCUT2D eigenvalue weighted by atomic mass is 35.5. The number of hydrogen-bond acceptors (Lipinski definition) is 5. The number of fused-ring (bicyclic) bond motifs is 1. The maximum atomic E-state index is 10.1. The van der Waals surface area contributed by atoms with Gasteiger partial charge in [0.05, 0.1) is 0 Å². The third-order valence-electron chi connectivity index (χ3n) is 3.75. The van der Waals surface area contributed by atoms with Gasteiger partial charge in [0.25, 0.3) is 0 Å². The van der Waals surface area contributed by atoms with Gasteiger partial charge < -0.3 is 24.6 Å². The first-order valence-corrected chi connectivity index (χ1v) is 7.71. The molecule has 0 saturated carbocycles. The summed E-state index contributed by atoms with van der Waals surface area (Å²) in [6.07, 6.45) is -0.591. The van der Waals surface area contributed by atoms with Crippen molar-refractivity contribution in [1.29, 1.82) is 0 Å². The minimum absolute atomic E-state index is 0. The van der Waals surface area contributed by atoms with E-state index in [4.69, 9.17) is 14.2 Å². The highest BCUT2D eigenvalue weighted by molar-refractivity contribution is 5.85. The van der Waals surface area contributed by atoms with Gasteiger partial charge in [-0.3, -0.25) is 0 Å². The summed E-state index contributed by atoms with van der Waals surface area (Å²) in [5, 5.41) is 13.4. The molecule has 5 nitrogen and oxygen atoms in total. The number of hydrogen-bond donors (Lipinski definition) is 2. The van der Waals surface area contributed by atoms with Crippen molar-refractivity contribution in [2.24, 2.45) is 0 Å². The Bertz CT molecular complexity index is 638. The Labute approximate surface area is 148 Å². The smallest absolute Gasteiger partial charge is 0.231 e. The van der Waals surface area contributed by atoms with Crippen LogP contribution < -0.4 is 19.5 Å². The molecule has 2 aromatic rings. The van der Waals surface area contributed by atoms with E-state index >= 15 is 0 Å². The van der Waals surface area contributed by atoms with E-state index in [9.17, 15) is 5.11 Å². The van der Waals surface area contributed by atoms with Gasteiger partial charge in [0, 0.05) is 18.7 Å². The van der Waals surface area contributed by atoms with Gasteiger partial charge >= 0.3 is 0 Å². The summed E-state index contributed by atoms with van der Waals surface area (Å²) in [5.74, 6) is 2.05. The lowest BCUT2D eigenvalue weighted by Gasteiger charge is -2.18. The van der Waals surface area contributed by atoms with Gasteiger partial charge in [0.15, 0.2) is 11.5 Å². The van der Waals surface area contributed by atoms with Crippen molar-refractivity contribution < 1.29 is 19.3 Å². The summed E-state index contributed by atoms with van der Waals surface area (Å²) in [5.41, 5.74) is 1.19. The third-order valence-corrected chi connectivity index (χ3v) is 3.75. The van der Waals surface area contributed by atoms with Crippen molar-refractivity contribution in [3.05, 3.63) is 54.1 Å². The van der Waals surface area contributed by atoms with E-state index in [1.807, 2.05) is 18.2 Å². The van der Waals surface area contributed by atoms with E-state index in [0.717, 1.165) is 5.75 Å². The van der Waals surface area contributed by atoms with Crippen molar-refractivity contribution in [1.82, 2.24) is 5.32 Å². The Kier molecular flexibility index (Phi) is 6.73. The van der Waals surface area contributed by atoms with Gasteiger partial charge in [-0.2, -0.15) is 0 Å². The summed E-state index contributed by atoms with van der Waals surface area (Å²) in [6.45, 7) is 2.98. The van der Waals surface area contributed by atoms with Gasteiger partial charge in [0.2, 0.25) is 6.79 Å². The van der Waals surface area contributed by atoms with Crippen LogP contribution in [0.2, 0.25) is 0 Å². The number of aliphatic hydroxyl groups is 1. The number of benzene rings is 2. The predicted octanol–water partition coefficient (Wildman–Crippen LogP) is 2.93. The van der Waals surface area contributed by atoms with Gasteiger partial charge in [-0.25, -0.2) is 0 Å². The lowest BCUT2D eigenvalue weighted by molar-refractivity contribution is 0.104. The standard InChI is InChI=1S/C18H21NO4.ClH/c1-13(14-5-3-2-4-6-14)19-10-15(20)11-21-16-7-8-17-18(9-16)23-12-22-17;/h2-9,13,15,19-20H,10-12H2,1H3;1H. The number of halogens is 1. The fourth-order valence-corrected chi connectivity index (χ4v) is 2.39. The Hall–Kier alpha value is -1.95. The average molecular weight is 352 g/mol. The van der Waals surface area contributed by atoms with E-state index in [-0.39, 0.29) is 31.8 Å². The van der Waals surface area contributed by atoms with Crippen molar-refractivity contribution >= 4 is 12.4 Å². The Balaban J connectivity index is 0.00000208. The predicted molar refractivity (Wildman–Crippen MR) is 94.2 cm³/mol. The van der Waals surface area contributed by atoms with Crippen LogP contribution in [0, 0.1) is 0 Å². The van der Waals surface area contributed by atoms with Gasteiger partial charge in [-0.15, -0.1) is 12.4 Å². The molecule has 0 saturated heterocycles. The average Bonchev–Trinajstić information content (AvgIpc) is 3.06. The first kappa shape index (κ1) is 18.4. The molecule has 130 valence electrons. The summed E-state index contributed by atoms with van der Waals surface area (Å²) >= 11 is 0. The molecule has 0 fully saturated rings. The van der Waals surface area contributed by atoms with E-state index in [0.29, 0.717) is 18.0 Å². The van der Waals surface area contributed by atoms with E-state index in [1.165, 1.54) is 5.56 Å². The zero-order chi connectivity index (χ0) is 16.1. The molecule has 0 radical (unpaired) electrons. The lowest BCUT2D eigenvalue weighted by Crippen LogP contribution is -2.33. The number of aliphatic hydroxyl groups excluding tert-OH is 1. The molecule has 0 aliphatic carbocycles. The second kappa shape index (κ2) is 8.78. The van der Waals surface area contributed by atoms with Crippen molar-refractivity contribution in [3.63, 3.8) is 0 Å². The zero-order valence-corrected chi connectivity index (χ0v) is 14.3. The quantitative estimate of drug-likeness (QED) is 0.803. The van der Waals surface area contributed by atoms with Crippen molar-refractivity contribution in [3.8, 4) is 17.2 Å². The van der Waals surface area contributed by atoms with E-state index in [2.05, 4.69) is 24.4 Å². The molecular weight excluding hydrogens is 330 g/mol. The third kappa shape index (κ3) is 4.77. The van der Waals surface area contributed by atoms with Crippen LogP contribution in [-0.2, 0) is 0 Å². The number of ether oxygens (including phenoxy) is 3. The lowest BCUT2D eigenvalue weighted by atomic mass is 10.1.